The van der Waals surface area contributed by atoms with Gasteiger partial charge in [-0.15, -0.1) is 0 Å². The van der Waals surface area contributed by atoms with Crippen LogP contribution in [0.2, 0.25) is 0 Å². The zero-order valence-corrected chi connectivity index (χ0v) is 9.25. The lowest BCUT2D eigenvalue weighted by molar-refractivity contribution is 0.127. The molecular formula is C10H9F3N2S. The van der Waals surface area contributed by atoms with Crippen molar-refractivity contribution >= 4 is 23.3 Å². The molecular weight excluding hydrogens is 237 g/mol. The number of rotatable bonds is 2. The predicted octanol–water partition coefficient (Wildman–Crippen LogP) is 3.41. The van der Waals surface area contributed by atoms with Gasteiger partial charge < -0.3 is 9.55 Å². The van der Waals surface area contributed by atoms with Crippen molar-refractivity contribution in [3.8, 4) is 0 Å². The molecule has 2 rings (SSSR count). The molecule has 0 radical (unpaired) electrons. The zero-order chi connectivity index (χ0) is 11.9. The van der Waals surface area contributed by atoms with E-state index in [1.165, 1.54) is 16.7 Å². The number of aryl methyl sites for hydroxylation is 1. The van der Waals surface area contributed by atoms with Crippen LogP contribution in [0.15, 0.2) is 12.1 Å². The van der Waals surface area contributed by atoms with Gasteiger partial charge in [-0.1, -0.05) is 0 Å². The Bertz CT molecular complexity index is 585. The maximum absolute atomic E-state index is 13.2. The van der Waals surface area contributed by atoms with Gasteiger partial charge in [0, 0.05) is 0 Å². The average molecular weight is 246 g/mol. The van der Waals surface area contributed by atoms with Gasteiger partial charge in [-0.25, -0.2) is 13.2 Å². The summed E-state index contributed by atoms with van der Waals surface area (Å²) in [6, 6.07) is 2.78. The summed E-state index contributed by atoms with van der Waals surface area (Å²) in [5.74, 6) is -0.382. The van der Waals surface area contributed by atoms with E-state index in [0.717, 1.165) is 0 Å². The average Bonchev–Trinajstić information content (AvgIpc) is 2.45. The number of hydrogen-bond donors (Lipinski definition) is 1. The number of benzene rings is 1. The third-order valence-corrected chi connectivity index (χ3v) is 2.70. The second-order valence-corrected chi connectivity index (χ2v) is 3.94. The minimum atomic E-state index is -2.49. The lowest BCUT2D eigenvalue weighted by atomic mass is 10.2. The highest BCUT2D eigenvalue weighted by Gasteiger charge is 2.11. The molecule has 1 N–H and O–H groups in total. The summed E-state index contributed by atoms with van der Waals surface area (Å²) < 4.78 is 39.4. The van der Waals surface area contributed by atoms with E-state index < -0.39 is 13.0 Å². The van der Waals surface area contributed by atoms with E-state index in [4.69, 9.17) is 12.2 Å². The van der Waals surface area contributed by atoms with Crippen LogP contribution in [-0.4, -0.2) is 16.0 Å². The standard InChI is InChI=1S/C10H9F3N2S/c1-5-2-8-7(3-6(5)11)14-10(16)15(8)4-9(12)13/h2-3,9H,4H2,1H3,(H,14,16). The fourth-order valence-electron chi connectivity index (χ4n) is 1.60. The van der Waals surface area contributed by atoms with Crippen LogP contribution in [0.1, 0.15) is 5.56 Å². The highest BCUT2D eigenvalue weighted by molar-refractivity contribution is 7.71. The zero-order valence-electron chi connectivity index (χ0n) is 8.43. The van der Waals surface area contributed by atoms with Gasteiger partial charge in [0.1, 0.15) is 5.82 Å². The van der Waals surface area contributed by atoms with Crippen molar-refractivity contribution in [1.82, 2.24) is 9.55 Å². The molecule has 0 amide bonds. The van der Waals surface area contributed by atoms with E-state index in [1.54, 1.807) is 6.92 Å². The molecule has 1 aromatic carbocycles. The molecule has 0 saturated carbocycles. The van der Waals surface area contributed by atoms with Crippen molar-refractivity contribution in [2.24, 2.45) is 0 Å². The molecule has 0 aliphatic carbocycles. The third-order valence-electron chi connectivity index (χ3n) is 2.38. The first-order chi connectivity index (χ1) is 7.49. The van der Waals surface area contributed by atoms with Crippen molar-refractivity contribution in [1.29, 1.82) is 0 Å². The quantitative estimate of drug-likeness (QED) is 0.805. The summed E-state index contributed by atoms with van der Waals surface area (Å²) in [5, 5.41) is 0. The number of alkyl halides is 2. The number of imidazole rings is 1. The topological polar surface area (TPSA) is 20.7 Å². The van der Waals surface area contributed by atoms with Crippen LogP contribution in [0, 0.1) is 17.5 Å². The van der Waals surface area contributed by atoms with Crippen LogP contribution in [0.3, 0.4) is 0 Å². The maximum atomic E-state index is 13.2. The fraction of sp³-hybridized carbons (Fsp3) is 0.300. The molecule has 0 saturated heterocycles. The second kappa shape index (κ2) is 3.93. The smallest absolute Gasteiger partial charge is 0.256 e. The summed E-state index contributed by atoms with van der Waals surface area (Å²) in [7, 11) is 0. The van der Waals surface area contributed by atoms with Gasteiger partial charge in [0.2, 0.25) is 0 Å². The van der Waals surface area contributed by atoms with E-state index in [0.29, 0.717) is 16.6 Å². The first-order valence-electron chi connectivity index (χ1n) is 4.66. The van der Waals surface area contributed by atoms with Crippen molar-refractivity contribution in [2.45, 2.75) is 19.9 Å². The molecule has 0 aliphatic heterocycles. The summed E-state index contributed by atoms with van der Waals surface area (Å²) in [6.07, 6.45) is -2.49. The number of nitrogens with zero attached hydrogens (tertiary/aromatic N) is 1. The SMILES string of the molecule is Cc1cc2c(cc1F)[nH]c(=S)n2CC(F)F. The minimum absolute atomic E-state index is 0.181. The van der Waals surface area contributed by atoms with Crippen molar-refractivity contribution in [3.05, 3.63) is 28.3 Å². The summed E-state index contributed by atoms with van der Waals surface area (Å²) in [4.78, 5) is 2.70. The molecule has 2 aromatic rings. The van der Waals surface area contributed by atoms with Crippen molar-refractivity contribution in [3.63, 3.8) is 0 Å². The third kappa shape index (κ3) is 1.84. The number of nitrogens with one attached hydrogen (secondary N) is 1. The van der Waals surface area contributed by atoms with Gasteiger partial charge in [0.25, 0.3) is 6.43 Å². The number of aromatic amines is 1. The molecule has 6 heteroatoms. The second-order valence-electron chi connectivity index (χ2n) is 3.55. The molecule has 0 bridgehead atoms. The van der Waals surface area contributed by atoms with Gasteiger partial charge >= 0.3 is 0 Å². The number of halogens is 3. The summed E-state index contributed by atoms with van der Waals surface area (Å²) in [5.41, 5.74) is 1.35. The Kier molecular flexibility index (Phi) is 2.75. The van der Waals surface area contributed by atoms with E-state index >= 15 is 0 Å². The van der Waals surface area contributed by atoms with Gasteiger partial charge in [-0.2, -0.15) is 0 Å². The van der Waals surface area contributed by atoms with Gasteiger partial charge in [-0.3, -0.25) is 0 Å². The van der Waals surface area contributed by atoms with E-state index in [-0.39, 0.29) is 10.6 Å². The van der Waals surface area contributed by atoms with Crippen molar-refractivity contribution < 1.29 is 13.2 Å². The highest BCUT2D eigenvalue weighted by atomic mass is 32.1. The molecule has 0 atom stereocenters. The summed E-state index contributed by atoms with van der Waals surface area (Å²) in [6.45, 7) is 1.10. The predicted molar refractivity (Wildman–Crippen MR) is 57.8 cm³/mol. The maximum Gasteiger partial charge on any atom is 0.256 e. The van der Waals surface area contributed by atoms with E-state index in [9.17, 15) is 13.2 Å². The Morgan fingerprint density at radius 2 is 2.12 bits per heavy atom. The lowest BCUT2D eigenvalue weighted by Crippen LogP contribution is -2.06. The molecule has 0 fully saturated rings. The Morgan fingerprint density at radius 1 is 1.44 bits per heavy atom. The van der Waals surface area contributed by atoms with Gasteiger partial charge in [0.15, 0.2) is 4.77 Å². The van der Waals surface area contributed by atoms with Crippen LogP contribution >= 0.6 is 12.2 Å². The molecule has 1 aromatic heterocycles. The first-order valence-corrected chi connectivity index (χ1v) is 5.06. The van der Waals surface area contributed by atoms with E-state index in [1.807, 2.05) is 0 Å². The molecule has 0 spiro atoms. The summed E-state index contributed by atoms with van der Waals surface area (Å²) >= 11 is 4.91. The van der Waals surface area contributed by atoms with Crippen LogP contribution in [0.25, 0.3) is 11.0 Å². The van der Waals surface area contributed by atoms with E-state index in [2.05, 4.69) is 4.98 Å². The number of hydrogen-bond acceptors (Lipinski definition) is 1. The highest BCUT2D eigenvalue weighted by Crippen LogP contribution is 2.19. The van der Waals surface area contributed by atoms with Crippen LogP contribution < -0.4 is 0 Å². The first kappa shape index (κ1) is 11.2. The van der Waals surface area contributed by atoms with Crippen molar-refractivity contribution in [2.75, 3.05) is 0 Å². The molecule has 2 nitrogen and oxygen atoms in total. The Morgan fingerprint density at radius 3 is 2.75 bits per heavy atom. The molecule has 1 heterocycles. The number of fused-ring (bicyclic) bond motifs is 1. The molecule has 86 valence electrons. The molecule has 0 unspecified atom stereocenters. The Balaban J connectivity index is 2.69. The number of H-pyrrole nitrogens is 1. The number of aromatic nitrogens is 2. The minimum Gasteiger partial charge on any atom is -0.330 e. The monoisotopic (exact) mass is 246 g/mol. The van der Waals surface area contributed by atoms with Gasteiger partial charge in [0.05, 0.1) is 17.6 Å². The lowest BCUT2D eigenvalue weighted by Gasteiger charge is -2.04. The Hall–Kier alpha value is -1.30. The fourth-order valence-corrected chi connectivity index (χ4v) is 1.88. The van der Waals surface area contributed by atoms with Crippen LogP contribution in [0.5, 0.6) is 0 Å². The largest absolute Gasteiger partial charge is 0.330 e. The Labute approximate surface area is 94.7 Å². The van der Waals surface area contributed by atoms with Gasteiger partial charge in [-0.05, 0) is 36.8 Å². The van der Waals surface area contributed by atoms with Crippen LogP contribution in [-0.2, 0) is 6.54 Å². The molecule has 16 heavy (non-hydrogen) atoms. The molecule has 0 aliphatic rings. The normalized spacial score (nSPS) is 11.6. The van der Waals surface area contributed by atoms with Crippen LogP contribution in [0.4, 0.5) is 13.2 Å².